The smallest absolute Gasteiger partial charge is 0.411 e. The molecule has 0 spiro atoms. The van der Waals surface area contributed by atoms with Gasteiger partial charge in [-0.05, 0) is 31.2 Å². The Kier molecular flexibility index (Phi) is 6.03. The van der Waals surface area contributed by atoms with E-state index >= 15 is 0 Å². The molecular formula is C21H17NO7. The first kappa shape index (κ1) is 19.8. The van der Waals surface area contributed by atoms with Crippen LogP contribution >= 0.6 is 0 Å². The molecule has 2 aromatic carbocycles. The number of aldehydes is 1. The molecule has 3 aromatic rings. The highest BCUT2D eigenvalue weighted by molar-refractivity contribution is 5.91. The van der Waals surface area contributed by atoms with Crippen LogP contribution in [0.4, 0.5) is 10.5 Å². The molecule has 0 aliphatic rings. The van der Waals surface area contributed by atoms with E-state index in [1.165, 1.54) is 36.4 Å². The number of benzene rings is 2. The van der Waals surface area contributed by atoms with Crippen LogP contribution < -0.4 is 10.9 Å². The van der Waals surface area contributed by atoms with Gasteiger partial charge in [-0.15, -0.1) is 0 Å². The minimum absolute atomic E-state index is 0.152. The number of amides is 1. The van der Waals surface area contributed by atoms with Gasteiger partial charge < -0.3 is 13.9 Å². The zero-order chi connectivity index (χ0) is 20.8. The number of esters is 1. The van der Waals surface area contributed by atoms with Crippen LogP contribution in [0, 0.1) is 0 Å². The van der Waals surface area contributed by atoms with Crippen molar-refractivity contribution in [1.82, 2.24) is 0 Å². The molecule has 0 saturated heterocycles. The van der Waals surface area contributed by atoms with Gasteiger partial charge in [0.1, 0.15) is 18.5 Å². The summed E-state index contributed by atoms with van der Waals surface area (Å²) in [6.45, 7) is 1.76. The Morgan fingerprint density at radius 3 is 2.52 bits per heavy atom. The number of carbonyl (C=O) groups excluding carboxylic acids is 3. The van der Waals surface area contributed by atoms with Gasteiger partial charge in [0.15, 0.2) is 0 Å². The van der Waals surface area contributed by atoms with Crippen LogP contribution in [0.1, 0.15) is 33.2 Å². The molecule has 148 valence electrons. The molecule has 8 heteroatoms. The van der Waals surface area contributed by atoms with Crippen molar-refractivity contribution >= 4 is 35.0 Å². The third-order valence-electron chi connectivity index (χ3n) is 3.99. The first-order chi connectivity index (χ1) is 14.0. The van der Waals surface area contributed by atoms with Gasteiger partial charge in [-0.25, -0.2) is 14.4 Å². The first-order valence-corrected chi connectivity index (χ1v) is 8.73. The molecule has 0 saturated carbocycles. The van der Waals surface area contributed by atoms with E-state index in [9.17, 15) is 19.2 Å². The molecule has 0 atom stereocenters. The Labute approximate surface area is 165 Å². The van der Waals surface area contributed by atoms with Gasteiger partial charge in [0.2, 0.25) is 0 Å². The van der Waals surface area contributed by atoms with Gasteiger partial charge in [-0.3, -0.25) is 10.1 Å². The van der Waals surface area contributed by atoms with Crippen LogP contribution in [-0.2, 0) is 16.1 Å². The number of anilines is 1. The summed E-state index contributed by atoms with van der Waals surface area (Å²) in [5.74, 6) is -0.593. The van der Waals surface area contributed by atoms with Crippen molar-refractivity contribution in [3.63, 3.8) is 0 Å². The van der Waals surface area contributed by atoms with Crippen LogP contribution in [0.15, 0.2) is 57.7 Å². The topological polar surface area (TPSA) is 112 Å². The van der Waals surface area contributed by atoms with Crippen LogP contribution in [0.3, 0.4) is 0 Å². The van der Waals surface area contributed by atoms with Crippen molar-refractivity contribution in [1.29, 1.82) is 0 Å². The minimum Gasteiger partial charge on any atom is -0.457 e. The summed E-state index contributed by atoms with van der Waals surface area (Å²) in [5, 5.41) is 3.08. The monoisotopic (exact) mass is 395 g/mol. The summed E-state index contributed by atoms with van der Waals surface area (Å²) >= 11 is 0. The zero-order valence-corrected chi connectivity index (χ0v) is 15.5. The van der Waals surface area contributed by atoms with E-state index in [0.717, 1.165) is 0 Å². The van der Waals surface area contributed by atoms with Gasteiger partial charge in [0, 0.05) is 34.3 Å². The fourth-order valence-electron chi connectivity index (χ4n) is 2.64. The number of fused-ring (bicyclic) bond motifs is 1. The lowest BCUT2D eigenvalue weighted by molar-refractivity contribution is 0.0473. The average Bonchev–Trinajstić information content (AvgIpc) is 2.71. The quantitative estimate of drug-likeness (QED) is 0.386. The Bertz CT molecular complexity index is 1120. The van der Waals surface area contributed by atoms with Gasteiger partial charge in [0.25, 0.3) is 0 Å². The van der Waals surface area contributed by atoms with E-state index < -0.39 is 17.7 Å². The standard InChI is InChI=1S/C21H17NO7/c1-2-27-21(26)22-16-7-8-17-15(9-19(24)29-18(17)10-16)12-28-20(25)14-5-3-13(11-23)4-6-14/h3-11H,2,12H2,1H3,(H,22,26). The lowest BCUT2D eigenvalue weighted by Gasteiger charge is -2.09. The summed E-state index contributed by atoms with van der Waals surface area (Å²) in [5.41, 5.74) is 1.19. The number of hydrogen-bond acceptors (Lipinski definition) is 7. The van der Waals surface area contributed by atoms with Crippen molar-refractivity contribution in [2.75, 3.05) is 11.9 Å². The largest absolute Gasteiger partial charge is 0.457 e. The molecule has 0 bridgehead atoms. The third kappa shape index (κ3) is 4.86. The predicted molar refractivity (Wildman–Crippen MR) is 104 cm³/mol. The molecule has 3 rings (SSSR count). The molecule has 29 heavy (non-hydrogen) atoms. The fourth-order valence-corrected chi connectivity index (χ4v) is 2.64. The normalized spacial score (nSPS) is 10.4. The predicted octanol–water partition coefficient (Wildman–Crippen LogP) is 3.53. The number of ether oxygens (including phenoxy) is 2. The zero-order valence-electron chi connectivity index (χ0n) is 15.5. The molecule has 8 nitrogen and oxygen atoms in total. The fraction of sp³-hybridized carbons (Fsp3) is 0.143. The Morgan fingerprint density at radius 2 is 1.83 bits per heavy atom. The molecule has 1 aromatic heterocycles. The molecule has 1 N–H and O–H groups in total. The molecule has 0 radical (unpaired) electrons. The summed E-state index contributed by atoms with van der Waals surface area (Å²) in [6, 6.07) is 12.0. The Hall–Kier alpha value is -3.94. The average molecular weight is 395 g/mol. The van der Waals surface area contributed by atoms with Crippen LogP contribution in [0.2, 0.25) is 0 Å². The van der Waals surface area contributed by atoms with Gasteiger partial charge in [0.05, 0.1) is 12.2 Å². The van der Waals surface area contributed by atoms with Gasteiger partial charge in [-0.1, -0.05) is 12.1 Å². The molecule has 0 unspecified atom stereocenters. The van der Waals surface area contributed by atoms with Crippen LogP contribution in [0.5, 0.6) is 0 Å². The summed E-state index contributed by atoms with van der Waals surface area (Å²) in [4.78, 5) is 46.3. The molecule has 0 fully saturated rings. The van der Waals surface area contributed by atoms with Crippen LogP contribution in [0.25, 0.3) is 11.0 Å². The van der Waals surface area contributed by atoms with E-state index in [0.29, 0.717) is 28.5 Å². The molecule has 1 amide bonds. The maximum Gasteiger partial charge on any atom is 0.411 e. The van der Waals surface area contributed by atoms with Crippen molar-refractivity contribution in [2.45, 2.75) is 13.5 Å². The van der Waals surface area contributed by atoms with Crippen LogP contribution in [-0.4, -0.2) is 25.0 Å². The van der Waals surface area contributed by atoms with E-state index in [1.807, 2.05) is 0 Å². The van der Waals surface area contributed by atoms with E-state index in [2.05, 4.69) is 5.32 Å². The Morgan fingerprint density at radius 1 is 1.07 bits per heavy atom. The van der Waals surface area contributed by atoms with E-state index in [-0.39, 0.29) is 24.4 Å². The minimum atomic E-state index is -0.625. The summed E-state index contributed by atoms with van der Waals surface area (Å²) < 4.78 is 15.3. The molecule has 0 aliphatic carbocycles. The summed E-state index contributed by atoms with van der Waals surface area (Å²) in [7, 11) is 0. The van der Waals surface area contributed by atoms with Crippen molar-refractivity contribution in [2.24, 2.45) is 0 Å². The number of nitrogens with one attached hydrogen (secondary N) is 1. The maximum absolute atomic E-state index is 12.2. The second-order valence-corrected chi connectivity index (χ2v) is 5.96. The first-order valence-electron chi connectivity index (χ1n) is 8.73. The molecule has 0 aliphatic heterocycles. The SMILES string of the molecule is CCOC(=O)Nc1ccc2c(COC(=O)c3ccc(C=O)cc3)cc(=O)oc2c1. The summed E-state index contributed by atoms with van der Waals surface area (Å²) in [6.07, 6.45) is 0.0510. The highest BCUT2D eigenvalue weighted by Gasteiger charge is 2.12. The van der Waals surface area contributed by atoms with Crippen molar-refractivity contribution in [3.05, 3.63) is 75.6 Å². The molecular weight excluding hydrogens is 378 g/mol. The second kappa shape index (κ2) is 8.83. The maximum atomic E-state index is 12.2. The van der Waals surface area contributed by atoms with E-state index in [1.54, 1.807) is 19.1 Å². The second-order valence-electron chi connectivity index (χ2n) is 5.96. The van der Waals surface area contributed by atoms with Gasteiger partial charge >= 0.3 is 17.7 Å². The van der Waals surface area contributed by atoms with Gasteiger partial charge in [-0.2, -0.15) is 0 Å². The van der Waals surface area contributed by atoms with Crippen molar-refractivity contribution in [3.8, 4) is 0 Å². The highest BCUT2D eigenvalue weighted by Crippen LogP contribution is 2.22. The number of rotatable bonds is 6. The Balaban J connectivity index is 1.79. The number of hydrogen-bond donors (Lipinski definition) is 1. The lowest BCUT2D eigenvalue weighted by Crippen LogP contribution is -2.13. The highest BCUT2D eigenvalue weighted by atomic mass is 16.5. The molecule has 1 heterocycles. The van der Waals surface area contributed by atoms with Crippen molar-refractivity contribution < 1.29 is 28.3 Å². The number of carbonyl (C=O) groups is 3. The van der Waals surface area contributed by atoms with E-state index in [4.69, 9.17) is 13.9 Å². The lowest BCUT2D eigenvalue weighted by atomic mass is 10.1. The third-order valence-corrected chi connectivity index (χ3v) is 3.99.